The quantitative estimate of drug-likeness (QED) is 0.764. The van der Waals surface area contributed by atoms with Crippen LogP contribution in [0.2, 0.25) is 0 Å². The second-order valence-corrected chi connectivity index (χ2v) is 8.82. The Labute approximate surface area is 146 Å². The maximum absolute atomic E-state index is 16.6. The van der Waals surface area contributed by atoms with Crippen molar-refractivity contribution in [1.29, 1.82) is 0 Å². The Morgan fingerprint density at radius 2 is 1.96 bits per heavy atom. The van der Waals surface area contributed by atoms with Gasteiger partial charge in [0.05, 0.1) is 12.0 Å². The molecular weight excluding hydrogens is 323 g/mol. The van der Waals surface area contributed by atoms with E-state index in [1.165, 1.54) is 12.2 Å². The number of allylic oxidation sites excluding steroid dienone is 4. The maximum Gasteiger partial charge on any atom is 0.307 e. The summed E-state index contributed by atoms with van der Waals surface area (Å²) in [6.07, 6.45) is 5.90. The number of alkyl halides is 1. The van der Waals surface area contributed by atoms with E-state index >= 15 is 4.39 Å². The molecule has 0 saturated heterocycles. The topological polar surface area (TPSA) is 74.6 Å². The lowest BCUT2D eigenvalue weighted by Gasteiger charge is -2.61. The van der Waals surface area contributed by atoms with E-state index in [0.717, 1.165) is 5.57 Å². The number of ketones is 1. The molecule has 0 radical (unpaired) electrons. The smallest absolute Gasteiger partial charge is 0.307 e. The Morgan fingerprint density at radius 3 is 2.64 bits per heavy atom. The normalized spacial score (nSPS) is 51.4. The molecule has 0 aliphatic heterocycles. The van der Waals surface area contributed by atoms with Gasteiger partial charge in [-0.15, -0.1) is 0 Å². The molecular formula is C20H25FO4. The number of halogens is 1. The summed E-state index contributed by atoms with van der Waals surface area (Å²) >= 11 is 0. The van der Waals surface area contributed by atoms with E-state index in [1.54, 1.807) is 13.0 Å². The summed E-state index contributed by atoms with van der Waals surface area (Å²) in [6, 6.07) is 0. The van der Waals surface area contributed by atoms with Gasteiger partial charge in [-0.2, -0.15) is 0 Å². The summed E-state index contributed by atoms with van der Waals surface area (Å²) in [5.41, 5.74) is -2.66. The highest BCUT2D eigenvalue weighted by Crippen LogP contribution is 2.68. The third-order valence-corrected chi connectivity index (χ3v) is 7.94. The number of fused-ring (bicyclic) bond motifs is 5. The van der Waals surface area contributed by atoms with Crippen LogP contribution in [0.3, 0.4) is 0 Å². The fourth-order valence-corrected chi connectivity index (χ4v) is 6.61. The minimum absolute atomic E-state index is 0.0496. The molecule has 4 aliphatic rings. The summed E-state index contributed by atoms with van der Waals surface area (Å²) < 4.78 is 16.6. The number of carbonyl (C=O) groups excluding carboxylic acids is 1. The molecule has 2 N–H and O–H groups in total. The van der Waals surface area contributed by atoms with Crippen LogP contribution in [0, 0.1) is 28.6 Å². The number of aliphatic carboxylic acids is 1. The van der Waals surface area contributed by atoms with E-state index in [-0.39, 0.29) is 24.0 Å². The van der Waals surface area contributed by atoms with Gasteiger partial charge in [-0.25, -0.2) is 4.39 Å². The predicted octanol–water partition coefficient (Wildman–Crippen LogP) is 3.06. The third kappa shape index (κ3) is 1.90. The maximum atomic E-state index is 16.6. The lowest BCUT2D eigenvalue weighted by Crippen LogP contribution is -2.66. The van der Waals surface area contributed by atoms with Gasteiger partial charge in [0.1, 0.15) is 0 Å². The molecule has 4 aliphatic carbocycles. The summed E-state index contributed by atoms with van der Waals surface area (Å²) in [4.78, 5) is 23.4. The van der Waals surface area contributed by atoms with E-state index in [2.05, 4.69) is 0 Å². The minimum atomic E-state index is -1.86. The van der Waals surface area contributed by atoms with Gasteiger partial charge in [0.25, 0.3) is 0 Å². The zero-order valence-electron chi connectivity index (χ0n) is 14.7. The standard InChI is InChI=1S/C20H25FO4/c1-18-10-16(23)20(21)14(13(18)5-6-15(18)17(24)25)4-3-11-9-12(22)7-8-19(11,20)2/h7-9,13-16,23H,3-6,10H2,1-2H3,(H,24,25)/t13-,14-,15+,16-,18-,19-,20-/m0/s1. The molecule has 0 aromatic carbocycles. The molecule has 0 bridgehead atoms. The first-order chi connectivity index (χ1) is 11.6. The minimum Gasteiger partial charge on any atom is -0.481 e. The second kappa shape index (κ2) is 5.03. The highest BCUT2D eigenvalue weighted by Gasteiger charge is 2.70. The van der Waals surface area contributed by atoms with E-state index in [1.807, 2.05) is 6.92 Å². The number of hydrogen-bond acceptors (Lipinski definition) is 3. The summed E-state index contributed by atoms with van der Waals surface area (Å²) in [5.74, 6) is -1.92. The molecule has 136 valence electrons. The van der Waals surface area contributed by atoms with E-state index < -0.39 is 34.5 Å². The molecule has 0 amide bonds. The average Bonchev–Trinajstić information content (AvgIpc) is 2.87. The zero-order chi connectivity index (χ0) is 18.2. The van der Waals surface area contributed by atoms with E-state index in [0.29, 0.717) is 25.7 Å². The van der Waals surface area contributed by atoms with Gasteiger partial charge >= 0.3 is 5.97 Å². The van der Waals surface area contributed by atoms with Crippen LogP contribution in [-0.2, 0) is 9.59 Å². The van der Waals surface area contributed by atoms with Crippen LogP contribution in [0.15, 0.2) is 23.8 Å². The first kappa shape index (κ1) is 17.0. The summed E-state index contributed by atoms with van der Waals surface area (Å²) in [5, 5.41) is 20.5. The molecule has 0 aromatic heterocycles. The lowest BCUT2D eigenvalue weighted by atomic mass is 9.45. The SMILES string of the molecule is C[C@]12C[C@H](O)[C@@]3(F)[C@@H](CCC4=CC(=O)C=C[C@@]43C)[C@@H]1CC[C@@H]2C(=O)O. The molecule has 5 heteroatoms. The van der Waals surface area contributed by atoms with Crippen molar-refractivity contribution in [2.24, 2.45) is 28.6 Å². The molecule has 3 fully saturated rings. The largest absolute Gasteiger partial charge is 0.481 e. The van der Waals surface area contributed by atoms with Crippen LogP contribution in [-0.4, -0.2) is 33.7 Å². The van der Waals surface area contributed by atoms with Gasteiger partial charge in [-0.1, -0.05) is 18.6 Å². The van der Waals surface area contributed by atoms with Crippen LogP contribution >= 0.6 is 0 Å². The number of aliphatic hydroxyl groups excluding tert-OH is 1. The van der Waals surface area contributed by atoms with Gasteiger partial charge in [-0.05, 0) is 62.5 Å². The Hall–Kier alpha value is -1.49. The van der Waals surface area contributed by atoms with E-state index in [4.69, 9.17) is 0 Å². The highest BCUT2D eigenvalue weighted by molar-refractivity contribution is 6.01. The lowest BCUT2D eigenvalue weighted by molar-refractivity contribution is -0.198. The van der Waals surface area contributed by atoms with Gasteiger partial charge < -0.3 is 10.2 Å². The van der Waals surface area contributed by atoms with Crippen molar-refractivity contribution >= 4 is 11.8 Å². The molecule has 7 atom stereocenters. The average molecular weight is 348 g/mol. The monoisotopic (exact) mass is 348 g/mol. The van der Waals surface area contributed by atoms with Crippen molar-refractivity contribution in [2.45, 2.75) is 57.7 Å². The third-order valence-electron chi connectivity index (χ3n) is 7.94. The number of rotatable bonds is 1. The van der Waals surface area contributed by atoms with Crippen molar-refractivity contribution in [1.82, 2.24) is 0 Å². The van der Waals surface area contributed by atoms with Crippen molar-refractivity contribution in [2.75, 3.05) is 0 Å². The van der Waals surface area contributed by atoms with Crippen molar-refractivity contribution in [3.63, 3.8) is 0 Å². The van der Waals surface area contributed by atoms with Gasteiger partial charge in [0.15, 0.2) is 11.5 Å². The molecule has 0 unspecified atom stereocenters. The molecule has 3 saturated carbocycles. The van der Waals surface area contributed by atoms with Crippen LogP contribution in [0.1, 0.15) is 46.0 Å². The Morgan fingerprint density at radius 1 is 1.24 bits per heavy atom. The van der Waals surface area contributed by atoms with Crippen LogP contribution in [0.25, 0.3) is 0 Å². The molecule has 25 heavy (non-hydrogen) atoms. The first-order valence-electron chi connectivity index (χ1n) is 9.18. The van der Waals surface area contributed by atoms with Crippen LogP contribution in [0.5, 0.6) is 0 Å². The molecule has 4 rings (SSSR count). The number of carboxylic acid groups (broad SMARTS) is 1. The molecule has 0 heterocycles. The highest BCUT2D eigenvalue weighted by atomic mass is 19.1. The number of carboxylic acids is 1. The molecule has 0 spiro atoms. The second-order valence-electron chi connectivity index (χ2n) is 8.82. The van der Waals surface area contributed by atoms with Gasteiger partial charge in [-0.3, -0.25) is 9.59 Å². The van der Waals surface area contributed by atoms with Crippen LogP contribution < -0.4 is 0 Å². The predicted molar refractivity (Wildman–Crippen MR) is 89.5 cm³/mol. The Balaban J connectivity index is 1.81. The van der Waals surface area contributed by atoms with Crippen LogP contribution in [0.4, 0.5) is 4.39 Å². The van der Waals surface area contributed by atoms with Gasteiger partial charge in [0, 0.05) is 11.3 Å². The number of hydrogen-bond donors (Lipinski definition) is 2. The summed E-state index contributed by atoms with van der Waals surface area (Å²) in [7, 11) is 0. The van der Waals surface area contributed by atoms with Crippen molar-refractivity contribution in [3.8, 4) is 0 Å². The first-order valence-corrected chi connectivity index (χ1v) is 9.18. The van der Waals surface area contributed by atoms with E-state index in [9.17, 15) is 19.8 Å². The van der Waals surface area contributed by atoms with Crippen molar-refractivity contribution < 1.29 is 24.2 Å². The molecule has 0 aromatic rings. The Kier molecular flexibility index (Phi) is 3.41. The zero-order valence-corrected chi connectivity index (χ0v) is 14.7. The number of carbonyl (C=O) groups is 2. The fourth-order valence-electron chi connectivity index (χ4n) is 6.61. The van der Waals surface area contributed by atoms with Crippen molar-refractivity contribution in [3.05, 3.63) is 23.8 Å². The number of aliphatic hydroxyl groups is 1. The fraction of sp³-hybridized carbons (Fsp3) is 0.700. The molecule has 4 nitrogen and oxygen atoms in total. The Bertz CT molecular complexity index is 712. The summed E-state index contributed by atoms with van der Waals surface area (Å²) in [6.45, 7) is 3.70. The van der Waals surface area contributed by atoms with Gasteiger partial charge in [0.2, 0.25) is 0 Å².